The number of esters is 1. The van der Waals surface area contributed by atoms with E-state index in [-0.39, 0.29) is 0 Å². The molecular weight excluding hydrogens is 397 g/mol. The van der Waals surface area contributed by atoms with E-state index < -0.39 is 54.1 Å². The number of nitrogens with one attached hydrogen (secondary N) is 2. The molecule has 0 bridgehead atoms. The highest BCUT2D eigenvalue weighted by molar-refractivity contribution is 7.98. The molecule has 0 unspecified atom stereocenters. The fraction of sp³-hybridized carbons (Fsp3) is 0.167. The number of carbonyl (C=O) groups excluding carboxylic acids is 3. The van der Waals surface area contributed by atoms with Crippen molar-refractivity contribution >= 4 is 35.2 Å². The number of benzene rings is 2. The Hall–Kier alpha value is -3.01. The highest BCUT2D eigenvalue weighted by Gasteiger charge is 2.17. The van der Waals surface area contributed by atoms with Gasteiger partial charge in [-0.05, 0) is 30.5 Å². The maximum absolute atomic E-state index is 13.5. The number of amides is 2. The second-order valence-corrected chi connectivity index (χ2v) is 6.17. The van der Waals surface area contributed by atoms with Crippen LogP contribution in [0.15, 0.2) is 41.3 Å². The van der Waals surface area contributed by atoms with E-state index in [9.17, 15) is 27.6 Å². The molecule has 0 saturated carbocycles. The summed E-state index contributed by atoms with van der Waals surface area (Å²) in [6.45, 7) is -1.22. The van der Waals surface area contributed by atoms with Crippen molar-refractivity contribution in [3.8, 4) is 0 Å². The first kappa shape index (κ1) is 21.3. The summed E-state index contributed by atoms with van der Waals surface area (Å²) >= 11 is 1.34. The standard InChI is InChI=1S/C18H15F3N2O4S/c1-28-13-5-3-2-4-10(13)18(26)27-9-15(25)22-8-14(24)23-12-7-6-11(19)16(20)17(12)21/h2-7H,8-9H2,1H3,(H,22,25)(H,23,24). The van der Waals surface area contributed by atoms with Gasteiger partial charge in [0.05, 0.1) is 17.8 Å². The van der Waals surface area contributed by atoms with Gasteiger partial charge in [-0.3, -0.25) is 9.59 Å². The van der Waals surface area contributed by atoms with E-state index in [1.807, 2.05) is 5.32 Å². The second-order valence-electron chi connectivity index (χ2n) is 5.32. The number of ether oxygens (including phenoxy) is 1. The summed E-state index contributed by atoms with van der Waals surface area (Å²) < 4.78 is 44.3. The Labute approximate surface area is 162 Å². The first-order valence-electron chi connectivity index (χ1n) is 7.83. The molecule has 0 aromatic heterocycles. The molecule has 2 aromatic rings. The summed E-state index contributed by atoms with van der Waals surface area (Å²) in [5, 5.41) is 4.15. The Bertz CT molecular complexity index is 908. The minimum Gasteiger partial charge on any atom is -0.452 e. The van der Waals surface area contributed by atoms with Crippen molar-refractivity contribution in [3.05, 3.63) is 59.4 Å². The van der Waals surface area contributed by atoms with Crippen LogP contribution in [0.25, 0.3) is 0 Å². The highest BCUT2D eigenvalue weighted by atomic mass is 32.2. The van der Waals surface area contributed by atoms with Gasteiger partial charge in [-0.25, -0.2) is 18.0 Å². The zero-order chi connectivity index (χ0) is 20.7. The first-order chi connectivity index (χ1) is 13.3. The molecule has 0 atom stereocenters. The van der Waals surface area contributed by atoms with Crippen LogP contribution in [0.1, 0.15) is 10.4 Å². The summed E-state index contributed by atoms with van der Waals surface area (Å²) in [6, 6.07) is 8.18. The van der Waals surface area contributed by atoms with E-state index in [2.05, 4.69) is 5.32 Å². The summed E-state index contributed by atoms with van der Waals surface area (Å²) in [6.07, 6.45) is 1.78. The molecule has 0 spiro atoms. The maximum Gasteiger partial charge on any atom is 0.339 e. The van der Waals surface area contributed by atoms with Gasteiger partial charge in [0.2, 0.25) is 5.91 Å². The van der Waals surface area contributed by atoms with Crippen LogP contribution in [-0.2, 0) is 14.3 Å². The van der Waals surface area contributed by atoms with Crippen LogP contribution in [-0.4, -0.2) is 37.2 Å². The number of anilines is 1. The smallest absolute Gasteiger partial charge is 0.339 e. The lowest BCUT2D eigenvalue weighted by Crippen LogP contribution is -2.35. The number of hydrogen-bond acceptors (Lipinski definition) is 5. The average Bonchev–Trinajstić information content (AvgIpc) is 2.70. The molecule has 0 aliphatic rings. The molecular formula is C18H15F3N2O4S. The van der Waals surface area contributed by atoms with Crippen LogP contribution >= 0.6 is 11.8 Å². The molecule has 10 heteroatoms. The lowest BCUT2D eigenvalue weighted by Gasteiger charge is -2.10. The Kier molecular flexibility index (Phi) is 7.44. The number of hydrogen-bond donors (Lipinski definition) is 2. The van der Waals surface area contributed by atoms with Gasteiger partial charge in [-0.2, -0.15) is 0 Å². The second kappa shape index (κ2) is 9.79. The molecule has 2 rings (SSSR count). The molecule has 2 N–H and O–H groups in total. The van der Waals surface area contributed by atoms with E-state index in [1.54, 1.807) is 30.5 Å². The molecule has 0 saturated heterocycles. The summed E-state index contributed by atoms with van der Waals surface area (Å²) in [7, 11) is 0. The fourth-order valence-electron chi connectivity index (χ4n) is 2.07. The zero-order valence-electron chi connectivity index (χ0n) is 14.6. The van der Waals surface area contributed by atoms with Crippen LogP contribution in [0.5, 0.6) is 0 Å². The molecule has 0 aliphatic carbocycles. The third-order valence-corrected chi connectivity index (χ3v) is 4.21. The molecule has 0 radical (unpaired) electrons. The van der Waals surface area contributed by atoms with Gasteiger partial charge in [0.15, 0.2) is 24.1 Å². The minimum atomic E-state index is -1.72. The predicted molar refractivity (Wildman–Crippen MR) is 96.5 cm³/mol. The predicted octanol–water partition coefficient (Wildman–Crippen LogP) is 2.74. The van der Waals surface area contributed by atoms with Gasteiger partial charge >= 0.3 is 5.97 Å². The molecule has 2 amide bonds. The van der Waals surface area contributed by atoms with Gasteiger partial charge in [0.25, 0.3) is 5.91 Å². The van der Waals surface area contributed by atoms with E-state index in [0.29, 0.717) is 16.5 Å². The van der Waals surface area contributed by atoms with Crippen LogP contribution < -0.4 is 10.6 Å². The van der Waals surface area contributed by atoms with Crippen LogP contribution in [0, 0.1) is 17.5 Å². The molecule has 28 heavy (non-hydrogen) atoms. The van der Waals surface area contributed by atoms with Crippen molar-refractivity contribution in [2.75, 3.05) is 24.7 Å². The Balaban J connectivity index is 1.81. The molecule has 0 aliphatic heterocycles. The van der Waals surface area contributed by atoms with Gasteiger partial charge in [-0.1, -0.05) is 12.1 Å². The van der Waals surface area contributed by atoms with E-state index >= 15 is 0 Å². The third kappa shape index (κ3) is 5.49. The first-order valence-corrected chi connectivity index (χ1v) is 9.06. The Morgan fingerprint density at radius 2 is 1.71 bits per heavy atom. The molecule has 0 fully saturated rings. The van der Waals surface area contributed by atoms with E-state index in [4.69, 9.17) is 4.74 Å². The van der Waals surface area contributed by atoms with Crippen molar-refractivity contribution in [1.29, 1.82) is 0 Å². The Morgan fingerprint density at radius 1 is 1.00 bits per heavy atom. The van der Waals surface area contributed by atoms with Gasteiger partial charge < -0.3 is 15.4 Å². The summed E-state index contributed by atoms with van der Waals surface area (Å²) in [5.41, 5.74) is -0.271. The van der Waals surface area contributed by atoms with E-state index in [1.165, 1.54) is 11.8 Å². The SMILES string of the molecule is CSc1ccccc1C(=O)OCC(=O)NCC(=O)Nc1ccc(F)c(F)c1F. The number of thioether (sulfide) groups is 1. The Morgan fingerprint density at radius 3 is 2.43 bits per heavy atom. The topological polar surface area (TPSA) is 84.5 Å². The van der Waals surface area contributed by atoms with Crippen molar-refractivity contribution in [2.24, 2.45) is 0 Å². The van der Waals surface area contributed by atoms with Crippen LogP contribution in [0.4, 0.5) is 18.9 Å². The van der Waals surface area contributed by atoms with Gasteiger partial charge in [-0.15, -0.1) is 11.8 Å². The quantitative estimate of drug-likeness (QED) is 0.415. The van der Waals surface area contributed by atoms with Crippen molar-refractivity contribution in [1.82, 2.24) is 5.32 Å². The van der Waals surface area contributed by atoms with Gasteiger partial charge in [0, 0.05) is 4.90 Å². The molecule has 0 heterocycles. The van der Waals surface area contributed by atoms with Crippen molar-refractivity contribution < 1.29 is 32.3 Å². The number of halogens is 3. The van der Waals surface area contributed by atoms with Gasteiger partial charge in [0.1, 0.15) is 0 Å². The molecule has 148 valence electrons. The third-order valence-electron chi connectivity index (χ3n) is 3.42. The maximum atomic E-state index is 13.5. The summed E-state index contributed by atoms with van der Waals surface area (Å²) in [5.74, 6) is -7.02. The molecule has 6 nitrogen and oxygen atoms in total. The lowest BCUT2D eigenvalue weighted by atomic mass is 10.2. The number of rotatable bonds is 7. The lowest BCUT2D eigenvalue weighted by molar-refractivity contribution is -0.126. The number of carbonyl (C=O) groups is 3. The fourth-order valence-corrected chi connectivity index (χ4v) is 2.65. The van der Waals surface area contributed by atoms with Crippen LogP contribution in [0.3, 0.4) is 0 Å². The van der Waals surface area contributed by atoms with Crippen LogP contribution in [0.2, 0.25) is 0 Å². The van der Waals surface area contributed by atoms with Crippen molar-refractivity contribution in [2.45, 2.75) is 4.90 Å². The highest BCUT2D eigenvalue weighted by Crippen LogP contribution is 2.21. The van der Waals surface area contributed by atoms with Crippen molar-refractivity contribution in [3.63, 3.8) is 0 Å². The summed E-state index contributed by atoms with van der Waals surface area (Å²) in [4.78, 5) is 36.1. The van der Waals surface area contributed by atoms with E-state index in [0.717, 1.165) is 6.07 Å². The zero-order valence-corrected chi connectivity index (χ0v) is 15.4. The normalized spacial score (nSPS) is 10.3. The largest absolute Gasteiger partial charge is 0.452 e. The molecule has 2 aromatic carbocycles. The average molecular weight is 412 g/mol. The monoisotopic (exact) mass is 412 g/mol. The minimum absolute atomic E-state index is 0.300.